The molecule has 0 bridgehead atoms. The average Bonchev–Trinajstić information content (AvgIpc) is 3.71. The van der Waals surface area contributed by atoms with Gasteiger partial charge in [0.15, 0.2) is 0 Å². The standard InChI is InChI=1S/C62H42N2/c1-2-17-46(18-3-1)59-42-52(38-39-55(59)56-25-8-11-29-60(56)64-61-30-12-9-26-57(61)58-27-10-13-31-62(58)64)63(51-37-36-43-16-4-5-20-48(43)41-51)50-23-14-22-49(40-50)44-32-34-47(35-33-44)54-28-15-21-45-19-6-7-24-53(45)54/h1-42H. The summed E-state index contributed by atoms with van der Waals surface area (Å²) in [6, 6.07) is 92.8. The molecule has 0 saturated heterocycles. The minimum atomic E-state index is 1.08. The minimum Gasteiger partial charge on any atom is -0.310 e. The van der Waals surface area contributed by atoms with Gasteiger partial charge in [-0.25, -0.2) is 0 Å². The molecule has 11 aromatic carbocycles. The van der Waals surface area contributed by atoms with E-state index in [1.807, 2.05) is 0 Å². The smallest absolute Gasteiger partial charge is 0.0541 e. The Morgan fingerprint density at radius 1 is 0.250 bits per heavy atom. The molecule has 0 N–H and O–H groups in total. The lowest BCUT2D eigenvalue weighted by Gasteiger charge is -2.28. The molecule has 0 aliphatic rings. The van der Waals surface area contributed by atoms with Crippen LogP contribution in [-0.2, 0) is 0 Å². The second kappa shape index (κ2) is 15.8. The highest BCUT2D eigenvalue weighted by Crippen LogP contribution is 2.44. The molecule has 0 amide bonds. The maximum atomic E-state index is 2.43. The monoisotopic (exact) mass is 814 g/mol. The molecular formula is C62H42N2. The van der Waals surface area contributed by atoms with Crippen molar-refractivity contribution < 1.29 is 0 Å². The van der Waals surface area contributed by atoms with Gasteiger partial charge >= 0.3 is 0 Å². The first kappa shape index (κ1) is 37.3. The lowest BCUT2D eigenvalue weighted by molar-refractivity contribution is 1.18. The lowest BCUT2D eigenvalue weighted by atomic mass is 9.92. The zero-order valence-corrected chi connectivity index (χ0v) is 35.1. The molecule has 2 nitrogen and oxygen atoms in total. The molecule has 0 aliphatic carbocycles. The molecule has 64 heavy (non-hydrogen) atoms. The number of hydrogen-bond acceptors (Lipinski definition) is 1. The molecule has 0 spiro atoms. The van der Waals surface area contributed by atoms with Gasteiger partial charge < -0.3 is 9.47 Å². The van der Waals surface area contributed by atoms with E-state index in [9.17, 15) is 0 Å². The number of para-hydroxylation sites is 3. The fourth-order valence-corrected chi connectivity index (χ4v) is 9.75. The van der Waals surface area contributed by atoms with Crippen molar-refractivity contribution in [2.45, 2.75) is 0 Å². The molecule has 1 aromatic heterocycles. The van der Waals surface area contributed by atoms with Crippen LogP contribution in [-0.4, -0.2) is 4.57 Å². The maximum Gasteiger partial charge on any atom is 0.0541 e. The normalized spacial score (nSPS) is 11.4. The maximum absolute atomic E-state index is 2.43. The van der Waals surface area contributed by atoms with Crippen molar-refractivity contribution in [1.82, 2.24) is 4.57 Å². The number of hydrogen-bond donors (Lipinski definition) is 0. The van der Waals surface area contributed by atoms with Crippen LogP contribution in [0.25, 0.3) is 93.5 Å². The van der Waals surface area contributed by atoms with Crippen molar-refractivity contribution in [3.05, 3.63) is 255 Å². The Morgan fingerprint density at radius 2 is 0.781 bits per heavy atom. The van der Waals surface area contributed by atoms with Gasteiger partial charge in [0.2, 0.25) is 0 Å². The Kier molecular flexibility index (Phi) is 9.20. The van der Waals surface area contributed by atoms with Gasteiger partial charge in [0.25, 0.3) is 0 Å². The fourth-order valence-electron chi connectivity index (χ4n) is 9.75. The molecule has 0 saturated carbocycles. The molecule has 0 unspecified atom stereocenters. The van der Waals surface area contributed by atoms with Crippen LogP contribution >= 0.6 is 0 Å². The van der Waals surface area contributed by atoms with E-state index < -0.39 is 0 Å². The Hall–Kier alpha value is -8.46. The zero-order chi connectivity index (χ0) is 42.4. The molecule has 0 atom stereocenters. The molecule has 0 radical (unpaired) electrons. The lowest BCUT2D eigenvalue weighted by Crippen LogP contribution is -2.10. The van der Waals surface area contributed by atoms with E-state index >= 15 is 0 Å². The van der Waals surface area contributed by atoms with E-state index in [1.165, 1.54) is 71.2 Å². The summed E-state index contributed by atoms with van der Waals surface area (Å²) >= 11 is 0. The van der Waals surface area contributed by atoms with E-state index in [0.717, 1.165) is 39.4 Å². The van der Waals surface area contributed by atoms with Crippen molar-refractivity contribution in [3.63, 3.8) is 0 Å². The largest absolute Gasteiger partial charge is 0.310 e. The van der Waals surface area contributed by atoms with Crippen molar-refractivity contribution in [1.29, 1.82) is 0 Å². The first-order chi connectivity index (χ1) is 31.7. The van der Waals surface area contributed by atoms with Crippen LogP contribution in [0.4, 0.5) is 17.1 Å². The van der Waals surface area contributed by atoms with Crippen LogP contribution in [0.2, 0.25) is 0 Å². The molecular weight excluding hydrogens is 773 g/mol. The number of nitrogens with zero attached hydrogens (tertiary/aromatic N) is 2. The summed E-state index contributed by atoms with van der Waals surface area (Å²) < 4.78 is 2.43. The van der Waals surface area contributed by atoms with E-state index in [4.69, 9.17) is 0 Å². The minimum absolute atomic E-state index is 1.08. The van der Waals surface area contributed by atoms with Crippen LogP contribution in [0.15, 0.2) is 255 Å². The van der Waals surface area contributed by atoms with Crippen LogP contribution in [0.5, 0.6) is 0 Å². The molecule has 12 aromatic rings. The van der Waals surface area contributed by atoms with Gasteiger partial charge in [0.05, 0.1) is 16.7 Å². The SMILES string of the molecule is c1ccc(-c2cc(N(c3cccc(-c4ccc(-c5cccc6ccccc56)cc4)c3)c3ccc4ccccc4c3)ccc2-c2ccccc2-n2c3ccccc3c3ccccc32)cc1. The molecule has 12 rings (SSSR count). The number of anilines is 3. The summed E-state index contributed by atoms with van der Waals surface area (Å²) in [5, 5.41) is 7.43. The van der Waals surface area contributed by atoms with Crippen molar-refractivity contribution >= 4 is 60.4 Å². The van der Waals surface area contributed by atoms with E-state index in [0.29, 0.717) is 0 Å². The highest BCUT2D eigenvalue weighted by atomic mass is 15.1. The number of benzene rings is 11. The van der Waals surface area contributed by atoms with Crippen LogP contribution in [0.3, 0.4) is 0 Å². The summed E-state index contributed by atoms with van der Waals surface area (Å²) in [5.41, 5.74) is 16.3. The number of rotatable bonds is 8. The summed E-state index contributed by atoms with van der Waals surface area (Å²) in [7, 11) is 0. The number of fused-ring (bicyclic) bond motifs is 5. The first-order valence-corrected chi connectivity index (χ1v) is 22.0. The third-order valence-electron chi connectivity index (χ3n) is 12.8. The predicted molar refractivity (Wildman–Crippen MR) is 272 cm³/mol. The Bertz CT molecular complexity index is 3610. The molecule has 2 heteroatoms. The Morgan fingerprint density at radius 3 is 1.58 bits per heavy atom. The second-order valence-corrected chi connectivity index (χ2v) is 16.5. The van der Waals surface area contributed by atoms with Crippen molar-refractivity contribution in [3.8, 4) is 50.2 Å². The van der Waals surface area contributed by atoms with Crippen LogP contribution < -0.4 is 4.90 Å². The Balaban J connectivity index is 1.02. The highest BCUT2D eigenvalue weighted by Gasteiger charge is 2.21. The molecule has 0 aliphatic heterocycles. The average molecular weight is 815 g/mol. The predicted octanol–water partition coefficient (Wildman–Crippen LogP) is 17.2. The number of aromatic nitrogens is 1. The molecule has 0 fully saturated rings. The summed E-state index contributed by atoms with van der Waals surface area (Å²) in [6.07, 6.45) is 0. The van der Waals surface area contributed by atoms with E-state index in [2.05, 4.69) is 264 Å². The quantitative estimate of drug-likeness (QED) is 0.148. The third-order valence-corrected chi connectivity index (χ3v) is 12.8. The summed E-state index contributed by atoms with van der Waals surface area (Å²) in [5.74, 6) is 0. The highest BCUT2D eigenvalue weighted by molar-refractivity contribution is 6.10. The van der Waals surface area contributed by atoms with Gasteiger partial charge in [-0.1, -0.05) is 200 Å². The Labute approximate surface area is 373 Å². The van der Waals surface area contributed by atoms with Gasteiger partial charge in [0, 0.05) is 33.4 Å². The van der Waals surface area contributed by atoms with Crippen molar-refractivity contribution in [2.75, 3.05) is 4.90 Å². The van der Waals surface area contributed by atoms with Crippen LogP contribution in [0, 0.1) is 0 Å². The first-order valence-electron chi connectivity index (χ1n) is 22.0. The van der Waals surface area contributed by atoms with E-state index in [-0.39, 0.29) is 0 Å². The van der Waals surface area contributed by atoms with Crippen LogP contribution in [0.1, 0.15) is 0 Å². The van der Waals surface area contributed by atoms with Gasteiger partial charge in [-0.3, -0.25) is 0 Å². The summed E-state index contributed by atoms with van der Waals surface area (Å²) in [4.78, 5) is 2.41. The van der Waals surface area contributed by atoms with Gasteiger partial charge in [-0.15, -0.1) is 0 Å². The topological polar surface area (TPSA) is 8.17 Å². The molecule has 300 valence electrons. The van der Waals surface area contributed by atoms with E-state index in [1.54, 1.807) is 0 Å². The summed E-state index contributed by atoms with van der Waals surface area (Å²) in [6.45, 7) is 0. The van der Waals surface area contributed by atoms with Gasteiger partial charge in [0.1, 0.15) is 0 Å². The van der Waals surface area contributed by atoms with Gasteiger partial charge in [-0.05, 0) is 115 Å². The van der Waals surface area contributed by atoms with Gasteiger partial charge in [-0.2, -0.15) is 0 Å². The molecule has 1 heterocycles. The van der Waals surface area contributed by atoms with Crippen molar-refractivity contribution in [2.24, 2.45) is 0 Å². The fraction of sp³-hybridized carbons (Fsp3) is 0. The third kappa shape index (κ3) is 6.52. The zero-order valence-electron chi connectivity index (χ0n) is 35.1. The second-order valence-electron chi connectivity index (χ2n) is 16.5.